The third kappa shape index (κ3) is 2.09. The van der Waals surface area contributed by atoms with Crippen molar-refractivity contribution in [3.63, 3.8) is 0 Å². The minimum Gasteiger partial charge on any atom is -0.319 e. The average molecular weight is 222 g/mol. The fourth-order valence-corrected chi connectivity index (χ4v) is 2.45. The van der Waals surface area contributed by atoms with E-state index >= 15 is 0 Å². The van der Waals surface area contributed by atoms with Crippen molar-refractivity contribution in [2.45, 2.75) is 18.3 Å². The van der Waals surface area contributed by atoms with E-state index in [0.29, 0.717) is 0 Å². The van der Waals surface area contributed by atoms with Crippen molar-refractivity contribution in [1.82, 2.24) is 5.32 Å². The molecule has 0 saturated carbocycles. The molecular formula is C13H16ClN. The molecule has 0 aromatic heterocycles. The Morgan fingerprint density at radius 1 is 1.20 bits per heavy atom. The highest BCUT2D eigenvalue weighted by molar-refractivity contribution is 6.30. The smallest absolute Gasteiger partial charge is 0.0406 e. The van der Waals surface area contributed by atoms with Gasteiger partial charge >= 0.3 is 0 Å². The Morgan fingerprint density at radius 3 is 2.33 bits per heavy atom. The number of rotatable bonds is 3. The van der Waals surface area contributed by atoms with Crippen LogP contribution in [0, 0.1) is 0 Å². The fourth-order valence-electron chi connectivity index (χ4n) is 2.33. The number of halogens is 1. The Labute approximate surface area is 96.1 Å². The van der Waals surface area contributed by atoms with E-state index < -0.39 is 0 Å². The van der Waals surface area contributed by atoms with Crippen molar-refractivity contribution in [1.29, 1.82) is 0 Å². The van der Waals surface area contributed by atoms with Crippen LogP contribution in [0.4, 0.5) is 0 Å². The lowest BCUT2D eigenvalue weighted by Gasteiger charge is -2.29. The summed E-state index contributed by atoms with van der Waals surface area (Å²) >= 11 is 5.91. The molecule has 0 radical (unpaired) electrons. The molecule has 1 N–H and O–H groups in total. The van der Waals surface area contributed by atoms with E-state index in [4.69, 9.17) is 11.6 Å². The normalized spacial score (nSPS) is 18.3. The van der Waals surface area contributed by atoms with Gasteiger partial charge in [0, 0.05) is 17.0 Å². The second-order valence-electron chi connectivity index (χ2n) is 4.20. The molecule has 1 aliphatic carbocycles. The Bertz CT molecular complexity index is 345. The molecule has 1 aromatic rings. The maximum atomic E-state index is 5.91. The summed E-state index contributed by atoms with van der Waals surface area (Å²) in [7, 11) is 2.01. The second-order valence-corrected chi connectivity index (χ2v) is 4.63. The van der Waals surface area contributed by atoms with Gasteiger partial charge in [0.25, 0.3) is 0 Å². The molecule has 1 aliphatic rings. The predicted molar refractivity (Wildman–Crippen MR) is 65.4 cm³/mol. The zero-order valence-electron chi connectivity index (χ0n) is 8.96. The molecule has 0 fully saturated rings. The van der Waals surface area contributed by atoms with E-state index in [2.05, 4.69) is 29.6 Å². The Kier molecular flexibility index (Phi) is 3.13. The van der Waals surface area contributed by atoms with Crippen LogP contribution in [0.2, 0.25) is 5.02 Å². The van der Waals surface area contributed by atoms with E-state index in [1.165, 1.54) is 5.56 Å². The van der Waals surface area contributed by atoms with Crippen molar-refractivity contribution in [3.8, 4) is 0 Å². The van der Waals surface area contributed by atoms with Gasteiger partial charge < -0.3 is 5.32 Å². The Hall–Kier alpha value is -0.790. The minimum atomic E-state index is 0.249. The topological polar surface area (TPSA) is 12.0 Å². The van der Waals surface area contributed by atoms with E-state index in [1.54, 1.807) is 0 Å². The fraction of sp³-hybridized carbons (Fsp3) is 0.385. The monoisotopic (exact) mass is 221 g/mol. The van der Waals surface area contributed by atoms with Crippen LogP contribution in [0.1, 0.15) is 18.4 Å². The zero-order chi connectivity index (χ0) is 10.7. The number of hydrogen-bond donors (Lipinski definition) is 1. The first kappa shape index (κ1) is 10.7. The molecule has 0 unspecified atom stereocenters. The van der Waals surface area contributed by atoms with Gasteiger partial charge in [0.2, 0.25) is 0 Å². The first-order valence-corrected chi connectivity index (χ1v) is 5.70. The predicted octanol–water partition coefficient (Wildman–Crippen LogP) is 3.15. The molecule has 0 bridgehead atoms. The first-order chi connectivity index (χ1) is 7.27. The van der Waals surface area contributed by atoms with Gasteiger partial charge in [0.15, 0.2) is 0 Å². The molecule has 1 nitrogen and oxygen atoms in total. The Morgan fingerprint density at radius 2 is 1.80 bits per heavy atom. The first-order valence-electron chi connectivity index (χ1n) is 5.32. The maximum absolute atomic E-state index is 5.91. The number of likely N-dealkylation sites (N-methyl/N-ethyl adjacent to an activating group) is 1. The molecule has 2 rings (SSSR count). The summed E-state index contributed by atoms with van der Waals surface area (Å²) in [6.45, 7) is 1.02. The van der Waals surface area contributed by atoms with Gasteiger partial charge in [-0.15, -0.1) is 0 Å². The number of benzene rings is 1. The standard InChI is InChI=1S/C13H16ClN/c1-15-10-13(8-2-3-9-13)11-4-6-12(14)7-5-11/h2-7,15H,8-10H2,1H3. The zero-order valence-corrected chi connectivity index (χ0v) is 9.72. The number of nitrogens with one attached hydrogen (secondary N) is 1. The third-order valence-corrected chi connectivity index (χ3v) is 3.41. The van der Waals surface area contributed by atoms with Crippen LogP contribution in [-0.2, 0) is 5.41 Å². The van der Waals surface area contributed by atoms with Crippen LogP contribution < -0.4 is 5.32 Å². The lowest BCUT2D eigenvalue weighted by atomic mass is 9.78. The van der Waals surface area contributed by atoms with Gasteiger partial charge in [-0.1, -0.05) is 35.9 Å². The molecule has 2 heteroatoms. The molecule has 0 atom stereocenters. The summed E-state index contributed by atoms with van der Waals surface area (Å²) < 4.78 is 0. The van der Waals surface area contributed by atoms with Gasteiger partial charge in [0.1, 0.15) is 0 Å². The summed E-state index contributed by atoms with van der Waals surface area (Å²) in [5.41, 5.74) is 1.63. The van der Waals surface area contributed by atoms with Crippen LogP contribution in [0.15, 0.2) is 36.4 Å². The van der Waals surface area contributed by atoms with E-state index in [9.17, 15) is 0 Å². The van der Waals surface area contributed by atoms with Crippen LogP contribution >= 0.6 is 11.6 Å². The molecule has 80 valence electrons. The Balaban J connectivity index is 2.28. The SMILES string of the molecule is CNCC1(c2ccc(Cl)cc2)CC=CC1. The summed E-state index contributed by atoms with van der Waals surface area (Å²) in [6, 6.07) is 8.25. The molecule has 0 saturated heterocycles. The van der Waals surface area contributed by atoms with Crippen molar-refractivity contribution in [2.75, 3.05) is 13.6 Å². The number of allylic oxidation sites excluding steroid dienone is 2. The van der Waals surface area contributed by atoms with Crippen molar-refractivity contribution in [3.05, 3.63) is 47.0 Å². The molecule has 1 aromatic carbocycles. The quantitative estimate of drug-likeness (QED) is 0.774. The molecule has 0 aliphatic heterocycles. The van der Waals surface area contributed by atoms with Gasteiger partial charge in [-0.2, -0.15) is 0 Å². The van der Waals surface area contributed by atoms with Crippen LogP contribution in [0.3, 0.4) is 0 Å². The third-order valence-electron chi connectivity index (χ3n) is 3.16. The average Bonchev–Trinajstić information content (AvgIpc) is 2.69. The lowest BCUT2D eigenvalue weighted by molar-refractivity contribution is 0.436. The molecule has 0 amide bonds. The van der Waals surface area contributed by atoms with Gasteiger partial charge in [-0.3, -0.25) is 0 Å². The highest BCUT2D eigenvalue weighted by atomic mass is 35.5. The van der Waals surface area contributed by atoms with Crippen LogP contribution in [-0.4, -0.2) is 13.6 Å². The van der Waals surface area contributed by atoms with Crippen LogP contribution in [0.5, 0.6) is 0 Å². The highest BCUT2D eigenvalue weighted by Crippen LogP contribution is 2.36. The minimum absolute atomic E-state index is 0.249. The second kappa shape index (κ2) is 4.38. The molecule has 0 spiro atoms. The summed E-state index contributed by atoms with van der Waals surface area (Å²) in [5.74, 6) is 0. The van der Waals surface area contributed by atoms with Gasteiger partial charge in [0.05, 0.1) is 0 Å². The van der Waals surface area contributed by atoms with Gasteiger partial charge in [-0.25, -0.2) is 0 Å². The summed E-state index contributed by atoms with van der Waals surface area (Å²) in [5, 5.41) is 4.10. The van der Waals surface area contributed by atoms with Crippen molar-refractivity contribution >= 4 is 11.6 Å². The highest BCUT2D eigenvalue weighted by Gasteiger charge is 2.31. The summed E-state index contributed by atoms with van der Waals surface area (Å²) in [4.78, 5) is 0. The maximum Gasteiger partial charge on any atom is 0.0406 e. The van der Waals surface area contributed by atoms with Crippen molar-refractivity contribution < 1.29 is 0 Å². The molecule has 15 heavy (non-hydrogen) atoms. The largest absolute Gasteiger partial charge is 0.319 e. The van der Waals surface area contributed by atoms with Gasteiger partial charge in [-0.05, 0) is 37.6 Å². The lowest BCUT2D eigenvalue weighted by Crippen LogP contribution is -2.34. The van der Waals surface area contributed by atoms with E-state index in [-0.39, 0.29) is 5.41 Å². The van der Waals surface area contributed by atoms with E-state index in [0.717, 1.165) is 24.4 Å². The van der Waals surface area contributed by atoms with Crippen molar-refractivity contribution in [2.24, 2.45) is 0 Å². The molecule has 0 heterocycles. The van der Waals surface area contributed by atoms with E-state index in [1.807, 2.05) is 19.2 Å². The number of hydrogen-bond acceptors (Lipinski definition) is 1. The summed E-state index contributed by atoms with van der Waals surface area (Å²) in [6.07, 6.45) is 6.78. The van der Waals surface area contributed by atoms with Crippen LogP contribution in [0.25, 0.3) is 0 Å². The molecular weight excluding hydrogens is 206 g/mol.